The SMILES string of the molecule is CCN(C)CCC(=O)NC(C)C.CCN(C)CCCC(C)C.CCN(C)CCS(=O)(=O)C(C)C.CCN(C)CCS(=O)C(C)C.CCN(C)CCSC(C)C.O=S(=O)=O.O=S(=O)=O.O=S(=O)=O.O=S(=O)=O.O=S(=O)=O. The Hall–Kier alpha value is -2.18. The summed E-state index contributed by atoms with van der Waals surface area (Å²) < 4.78 is 161. The molecule has 0 aliphatic heterocycles. The second-order valence-corrected chi connectivity index (χ2v) is 25.5. The van der Waals surface area contributed by atoms with Crippen LogP contribution in [-0.2, 0) is 78.5 Å². The molecule has 0 aliphatic carbocycles. The minimum Gasteiger partial charge on any atom is -0.354 e. The lowest BCUT2D eigenvalue weighted by molar-refractivity contribution is -0.121. The summed E-state index contributed by atoms with van der Waals surface area (Å²) >= 11 is 2.03. The average Bonchev–Trinajstić information content (AvgIpc) is 3.25. The number of sulfone groups is 1. The molecule has 75 heavy (non-hydrogen) atoms. The van der Waals surface area contributed by atoms with Crippen LogP contribution in [0.5, 0.6) is 0 Å². The zero-order chi connectivity index (χ0) is 62.0. The van der Waals surface area contributed by atoms with Gasteiger partial charge in [0.25, 0.3) is 0 Å². The molecule has 0 heterocycles. The first-order valence-corrected chi connectivity index (χ1v) is 32.9. The van der Waals surface area contributed by atoms with Gasteiger partial charge in [0, 0.05) is 66.2 Å². The number of amides is 1. The molecule has 1 amide bonds. The molecule has 0 bridgehead atoms. The van der Waals surface area contributed by atoms with Gasteiger partial charge >= 0.3 is 53.0 Å². The van der Waals surface area contributed by atoms with Crippen LogP contribution in [0.4, 0.5) is 0 Å². The van der Waals surface area contributed by atoms with Gasteiger partial charge in [0.05, 0.1) is 11.0 Å². The van der Waals surface area contributed by atoms with Crippen LogP contribution in [0.3, 0.4) is 0 Å². The van der Waals surface area contributed by atoms with E-state index in [0.717, 1.165) is 49.6 Å². The predicted octanol–water partition coefficient (Wildman–Crippen LogP) is 2.14. The summed E-state index contributed by atoms with van der Waals surface area (Å²) in [4.78, 5) is 22.1. The molecule has 1 N–H and O–H groups in total. The maximum atomic E-state index is 11.3. The largest absolute Gasteiger partial charge is 0.425 e. The summed E-state index contributed by atoms with van der Waals surface area (Å²) in [5.41, 5.74) is 0. The first kappa shape index (κ1) is 95.2. The average molecular weight is 1250 g/mol. The Bertz CT molecular complexity index is 1810. The van der Waals surface area contributed by atoms with Crippen LogP contribution in [0.2, 0.25) is 0 Å². The van der Waals surface area contributed by atoms with E-state index in [1.807, 2.05) is 65.4 Å². The van der Waals surface area contributed by atoms with E-state index in [4.69, 9.17) is 63.1 Å². The molecule has 0 saturated heterocycles. The van der Waals surface area contributed by atoms with Gasteiger partial charge in [-0.2, -0.15) is 11.8 Å². The first-order chi connectivity index (χ1) is 34.0. The Balaban J connectivity index is -0.0000000807. The summed E-state index contributed by atoms with van der Waals surface area (Å²) in [6.07, 6.45) is 3.31. The second-order valence-electron chi connectivity index (χ2n) is 17.0. The molecule has 1 unspecified atom stereocenters. The number of thioether (sulfide) groups is 1. The fourth-order valence-corrected chi connectivity index (χ4v) is 6.58. The van der Waals surface area contributed by atoms with Crippen LogP contribution in [-0.4, -0.2) is 246 Å². The normalized spacial score (nSPS) is 10.5. The molecule has 33 heteroatoms. The zero-order valence-corrected chi connectivity index (χ0v) is 55.0. The standard InChI is InChI=1S/C9H20N2O.C9H21N.C8H19NO2S.C8H19NOS.C8H19NS.5O3S/c1-5-11(4)7-6-9(12)10-8(2)3;1-5-10(4)8-6-7-9(2)3;1-5-9(4)6-7-12(10,11)8(2)3;1-5-9(4)6-7-11(10)8(2)3;1-5-9(4)6-7-10-8(2)3;5*1-4(2)3/h8H,5-7H2,1-4H3,(H,10,12);9H,5-8H2,1-4H3;8H,5-7H2,1-4H3;8H,5-7H2,1-4H3;8H,5-7H2,1-4H3;;;;;. The number of hydrogen-bond acceptors (Lipinski definition) is 25. The van der Waals surface area contributed by atoms with Crippen LogP contribution in [0.1, 0.15) is 123 Å². The van der Waals surface area contributed by atoms with Crippen molar-refractivity contribution < 1.29 is 80.6 Å². The van der Waals surface area contributed by atoms with Gasteiger partial charge in [0.1, 0.15) is 0 Å². The highest BCUT2D eigenvalue weighted by Gasteiger charge is 2.16. The Morgan fingerprint density at radius 1 is 0.480 bits per heavy atom. The summed E-state index contributed by atoms with van der Waals surface area (Å²) in [5.74, 6) is 3.36. The third-order valence-corrected chi connectivity index (χ3v) is 13.7. The number of rotatable bonds is 25. The van der Waals surface area contributed by atoms with Crippen LogP contribution >= 0.6 is 11.8 Å². The first-order valence-electron chi connectivity index (χ1n) is 23.8. The van der Waals surface area contributed by atoms with Gasteiger partial charge in [-0.3, -0.25) is 9.00 Å². The van der Waals surface area contributed by atoms with Crippen molar-refractivity contribution in [3.8, 4) is 0 Å². The monoisotopic (exact) mass is 1250 g/mol. The summed E-state index contributed by atoms with van der Waals surface area (Å²) in [6, 6.07) is 0.254. The number of hydrogen-bond donors (Lipinski definition) is 1. The lowest BCUT2D eigenvalue weighted by Gasteiger charge is -2.14. The molecule has 0 fully saturated rings. The lowest BCUT2D eigenvalue weighted by atomic mass is 10.1. The molecule has 0 spiro atoms. The van der Waals surface area contributed by atoms with Crippen molar-refractivity contribution in [2.24, 2.45) is 5.92 Å². The van der Waals surface area contributed by atoms with Gasteiger partial charge in [0.15, 0.2) is 9.84 Å². The molecule has 0 aromatic heterocycles. The molecular weight excluding hydrogens is 1150 g/mol. The van der Waals surface area contributed by atoms with Gasteiger partial charge < -0.3 is 29.8 Å². The Morgan fingerprint density at radius 3 is 1.07 bits per heavy atom. The predicted molar refractivity (Wildman–Crippen MR) is 301 cm³/mol. The van der Waals surface area contributed by atoms with Crippen LogP contribution in [0, 0.1) is 5.92 Å². The summed E-state index contributed by atoms with van der Waals surface area (Å²) in [5, 5.41) is 3.70. The van der Waals surface area contributed by atoms with E-state index in [1.54, 1.807) is 13.8 Å². The fraction of sp³-hybridized carbons (Fsp3) is 0.976. The molecule has 0 aromatic carbocycles. The molecule has 0 aromatic rings. The van der Waals surface area contributed by atoms with Gasteiger partial charge in [0.2, 0.25) is 5.91 Å². The van der Waals surface area contributed by atoms with E-state index in [-0.39, 0.29) is 23.0 Å². The molecule has 0 saturated carbocycles. The van der Waals surface area contributed by atoms with E-state index in [0.29, 0.717) is 18.2 Å². The number of carbonyl (C=O) groups excluding carboxylic acids is 1. The molecule has 25 nitrogen and oxygen atoms in total. The second kappa shape index (κ2) is 67.9. The van der Waals surface area contributed by atoms with Crippen LogP contribution in [0.25, 0.3) is 0 Å². The number of nitrogens with zero attached hydrogens (tertiary/aromatic N) is 5. The van der Waals surface area contributed by atoms with E-state index < -0.39 is 73.7 Å². The maximum absolute atomic E-state index is 11.3. The fourth-order valence-electron chi connectivity index (χ4n) is 3.69. The molecule has 0 radical (unpaired) electrons. The van der Waals surface area contributed by atoms with Crippen molar-refractivity contribution in [3.05, 3.63) is 0 Å². The minimum absolute atomic E-state index is 0.144. The number of nitrogens with one attached hydrogen (secondary N) is 1. The summed E-state index contributed by atoms with van der Waals surface area (Å²) in [6.45, 7) is 41.2. The van der Waals surface area contributed by atoms with Gasteiger partial charge in [-0.1, -0.05) is 76.2 Å². The van der Waals surface area contributed by atoms with Crippen molar-refractivity contribution in [2.45, 2.75) is 145 Å². The minimum atomic E-state index is -3.11. The molecule has 0 aliphatic rings. The van der Waals surface area contributed by atoms with Gasteiger partial charge in [-0.05, 0) is 126 Å². The Morgan fingerprint density at radius 2 is 0.787 bits per heavy atom. The van der Waals surface area contributed by atoms with Gasteiger partial charge in [-0.25, -0.2) is 8.42 Å². The van der Waals surface area contributed by atoms with Crippen molar-refractivity contribution in [3.63, 3.8) is 0 Å². The highest BCUT2D eigenvalue weighted by atomic mass is 32.2. The van der Waals surface area contributed by atoms with Crippen molar-refractivity contribution >= 4 is 91.3 Å². The quantitative estimate of drug-likeness (QED) is 0.137. The van der Waals surface area contributed by atoms with E-state index in [2.05, 4.69) is 101 Å². The Labute approximate surface area is 467 Å². The maximum Gasteiger partial charge on any atom is 0.425 e. The third kappa shape index (κ3) is 141. The van der Waals surface area contributed by atoms with E-state index in [1.165, 1.54) is 44.8 Å². The van der Waals surface area contributed by atoms with E-state index in [9.17, 15) is 17.4 Å². The van der Waals surface area contributed by atoms with Crippen LogP contribution in [0.15, 0.2) is 0 Å². The van der Waals surface area contributed by atoms with Gasteiger partial charge in [-0.15, -0.1) is 63.1 Å². The molecular formula is C42H98N6O19S8. The molecule has 0 rings (SSSR count). The highest BCUT2D eigenvalue weighted by Crippen LogP contribution is 2.08. The topological polar surface area (TPSA) is 353 Å². The zero-order valence-electron chi connectivity index (χ0n) is 48.5. The van der Waals surface area contributed by atoms with E-state index >= 15 is 0 Å². The van der Waals surface area contributed by atoms with Crippen LogP contribution < -0.4 is 5.32 Å². The number of carbonyl (C=O) groups is 1. The summed E-state index contributed by atoms with van der Waals surface area (Å²) in [7, 11) is -8.69. The van der Waals surface area contributed by atoms with Crippen molar-refractivity contribution in [1.82, 2.24) is 29.8 Å². The van der Waals surface area contributed by atoms with Crippen molar-refractivity contribution in [2.75, 3.05) is 118 Å². The lowest BCUT2D eigenvalue weighted by Crippen LogP contribution is -2.33. The smallest absolute Gasteiger partial charge is 0.354 e. The third-order valence-electron chi connectivity index (χ3n) is 8.79. The highest BCUT2D eigenvalue weighted by molar-refractivity contribution is 7.99. The Kier molecular flexibility index (Phi) is 86.2. The molecule has 458 valence electrons. The van der Waals surface area contributed by atoms with Crippen molar-refractivity contribution in [1.29, 1.82) is 0 Å². The molecule has 1 atom stereocenters.